The lowest BCUT2D eigenvalue weighted by atomic mass is 10.0. The molecule has 2 aliphatic heterocycles. The smallest absolute Gasteiger partial charge is 0.227 e. The Balaban J connectivity index is 1.82. The van der Waals surface area contributed by atoms with E-state index in [0.717, 1.165) is 23.5 Å². The molecular weight excluding hydrogens is 370 g/mol. The van der Waals surface area contributed by atoms with Crippen molar-refractivity contribution in [2.45, 2.75) is 41.4 Å². The van der Waals surface area contributed by atoms with Gasteiger partial charge >= 0.3 is 0 Å². The molecule has 1 saturated heterocycles. The SMILES string of the molecule is CC1(C)C=C(N2CCCC2=O)c2sc(S(=O)(=O)c3ccccc3)cc2O1. The fourth-order valence-corrected chi connectivity index (χ4v) is 6.10. The summed E-state index contributed by atoms with van der Waals surface area (Å²) in [5, 5.41) is 0. The summed E-state index contributed by atoms with van der Waals surface area (Å²) in [5.41, 5.74) is 0.151. The molecule has 0 bridgehead atoms. The van der Waals surface area contributed by atoms with Crippen LogP contribution in [-0.4, -0.2) is 31.4 Å². The van der Waals surface area contributed by atoms with Crippen LogP contribution in [0.1, 0.15) is 31.6 Å². The molecule has 0 aliphatic carbocycles. The fraction of sp³-hybridized carbons (Fsp3) is 0.316. The lowest BCUT2D eigenvalue weighted by Crippen LogP contribution is -2.33. The summed E-state index contributed by atoms with van der Waals surface area (Å²) in [7, 11) is -3.62. The number of hydrogen-bond donors (Lipinski definition) is 0. The number of fused-ring (bicyclic) bond motifs is 1. The first kappa shape index (κ1) is 17.3. The molecule has 0 unspecified atom stereocenters. The minimum atomic E-state index is -3.62. The molecule has 2 aliphatic rings. The van der Waals surface area contributed by atoms with Crippen LogP contribution in [-0.2, 0) is 14.6 Å². The number of benzene rings is 1. The van der Waals surface area contributed by atoms with Crippen molar-refractivity contribution in [1.82, 2.24) is 4.90 Å². The maximum Gasteiger partial charge on any atom is 0.227 e. The molecule has 136 valence electrons. The summed E-state index contributed by atoms with van der Waals surface area (Å²) >= 11 is 1.16. The Kier molecular flexibility index (Phi) is 3.96. The molecule has 0 radical (unpaired) electrons. The monoisotopic (exact) mass is 389 g/mol. The average Bonchev–Trinajstić information content (AvgIpc) is 3.20. The Morgan fingerprint density at radius 3 is 2.58 bits per heavy atom. The van der Waals surface area contributed by atoms with Crippen molar-refractivity contribution in [3.8, 4) is 5.75 Å². The number of ether oxygens (including phenoxy) is 1. The van der Waals surface area contributed by atoms with Gasteiger partial charge in [-0.2, -0.15) is 0 Å². The van der Waals surface area contributed by atoms with Crippen molar-refractivity contribution in [3.63, 3.8) is 0 Å². The Morgan fingerprint density at radius 1 is 1.19 bits per heavy atom. The summed E-state index contributed by atoms with van der Waals surface area (Å²) < 4.78 is 32.1. The number of rotatable bonds is 3. The molecule has 3 heterocycles. The number of nitrogens with zero attached hydrogens (tertiary/aromatic N) is 1. The van der Waals surface area contributed by atoms with Crippen LogP contribution in [0.2, 0.25) is 0 Å². The highest BCUT2D eigenvalue weighted by molar-refractivity contribution is 7.93. The van der Waals surface area contributed by atoms with Gasteiger partial charge in [0.05, 0.1) is 15.5 Å². The summed E-state index contributed by atoms with van der Waals surface area (Å²) in [6, 6.07) is 9.93. The zero-order valence-electron chi connectivity index (χ0n) is 14.6. The van der Waals surface area contributed by atoms with Crippen LogP contribution in [0.25, 0.3) is 5.70 Å². The molecule has 1 aromatic carbocycles. The normalized spacial score (nSPS) is 19.1. The van der Waals surface area contributed by atoms with E-state index < -0.39 is 15.4 Å². The van der Waals surface area contributed by atoms with Gasteiger partial charge in [0.2, 0.25) is 15.7 Å². The lowest BCUT2D eigenvalue weighted by molar-refractivity contribution is -0.124. The predicted octanol–water partition coefficient (Wildman–Crippen LogP) is 3.72. The molecule has 0 saturated carbocycles. The molecule has 1 amide bonds. The second-order valence-corrected chi connectivity index (χ2v) is 10.2. The van der Waals surface area contributed by atoms with Gasteiger partial charge in [-0.05, 0) is 38.5 Å². The van der Waals surface area contributed by atoms with Crippen molar-refractivity contribution in [2.24, 2.45) is 0 Å². The van der Waals surface area contributed by atoms with Crippen LogP contribution in [0.5, 0.6) is 5.75 Å². The first-order valence-electron chi connectivity index (χ1n) is 8.44. The molecule has 0 N–H and O–H groups in total. The van der Waals surface area contributed by atoms with E-state index in [1.807, 2.05) is 19.9 Å². The Labute approximate surface area is 156 Å². The van der Waals surface area contributed by atoms with Gasteiger partial charge in [0.15, 0.2) is 0 Å². The van der Waals surface area contributed by atoms with E-state index in [1.54, 1.807) is 41.3 Å². The first-order valence-corrected chi connectivity index (χ1v) is 10.7. The second-order valence-electron chi connectivity index (χ2n) is 6.96. The number of likely N-dealkylation sites (tertiary alicyclic amines) is 1. The topological polar surface area (TPSA) is 63.7 Å². The van der Waals surface area contributed by atoms with Crippen molar-refractivity contribution in [3.05, 3.63) is 47.4 Å². The lowest BCUT2D eigenvalue weighted by Gasteiger charge is -2.32. The zero-order chi connectivity index (χ0) is 18.5. The minimum Gasteiger partial charge on any atom is -0.482 e. The average molecular weight is 389 g/mol. The fourth-order valence-electron chi connectivity index (χ4n) is 3.27. The maximum absolute atomic E-state index is 13.0. The number of sulfone groups is 1. The van der Waals surface area contributed by atoms with E-state index in [0.29, 0.717) is 23.6 Å². The third-order valence-corrected chi connectivity index (χ3v) is 7.83. The van der Waals surface area contributed by atoms with Gasteiger partial charge in [-0.3, -0.25) is 4.79 Å². The molecule has 0 atom stereocenters. The molecule has 4 rings (SSSR count). The van der Waals surface area contributed by atoms with Crippen LogP contribution < -0.4 is 4.74 Å². The van der Waals surface area contributed by atoms with E-state index in [4.69, 9.17) is 4.74 Å². The van der Waals surface area contributed by atoms with Crippen LogP contribution in [0.4, 0.5) is 0 Å². The van der Waals surface area contributed by atoms with E-state index in [1.165, 1.54) is 0 Å². The van der Waals surface area contributed by atoms with Crippen LogP contribution in [0, 0.1) is 0 Å². The van der Waals surface area contributed by atoms with Gasteiger partial charge < -0.3 is 9.64 Å². The summed E-state index contributed by atoms with van der Waals surface area (Å²) in [6.07, 6.45) is 3.25. The number of hydrogen-bond acceptors (Lipinski definition) is 5. The summed E-state index contributed by atoms with van der Waals surface area (Å²) in [5.74, 6) is 0.590. The third-order valence-electron chi connectivity index (χ3n) is 4.45. The molecule has 1 fully saturated rings. The minimum absolute atomic E-state index is 0.0702. The summed E-state index contributed by atoms with van der Waals surface area (Å²) in [6.45, 7) is 4.46. The van der Waals surface area contributed by atoms with Gasteiger partial charge in [0.1, 0.15) is 15.6 Å². The molecule has 7 heteroatoms. The van der Waals surface area contributed by atoms with Crippen LogP contribution in [0.15, 0.2) is 51.6 Å². The zero-order valence-corrected chi connectivity index (χ0v) is 16.2. The second kappa shape index (κ2) is 5.96. The van der Waals surface area contributed by atoms with E-state index in [2.05, 4.69) is 0 Å². The first-order chi connectivity index (χ1) is 12.3. The molecule has 2 aromatic rings. The molecule has 0 spiro atoms. The number of carbonyl (C=O) groups is 1. The third kappa shape index (κ3) is 2.85. The maximum atomic E-state index is 13.0. The van der Waals surface area contributed by atoms with Crippen molar-refractivity contribution in [1.29, 1.82) is 0 Å². The van der Waals surface area contributed by atoms with Crippen molar-refractivity contribution in [2.75, 3.05) is 6.54 Å². The Morgan fingerprint density at radius 2 is 1.92 bits per heavy atom. The number of thiophene rings is 1. The van der Waals surface area contributed by atoms with Gasteiger partial charge in [0.25, 0.3) is 0 Å². The largest absolute Gasteiger partial charge is 0.482 e. The van der Waals surface area contributed by atoms with Crippen molar-refractivity contribution >= 4 is 32.8 Å². The Hall–Kier alpha value is -2.12. The van der Waals surface area contributed by atoms with Gasteiger partial charge in [-0.1, -0.05) is 18.2 Å². The molecule has 26 heavy (non-hydrogen) atoms. The highest BCUT2D eigenvalue weighted by atomic mass is 32.2. The van der Waals surface area contributed by atoms with E-state index in [-0.39, 0.29) is 15.0 Å². The molecule has 1 aromatic heterocycles. The summed E-state index contributed by atoms with van der Waals surface area (Å²) in [4.78, 5) is 15.0. The van der Waals surface area contributed by atoms with Crippen LogP contribution in [0.3, 0.4) is 0 Å². The van der Waals surface area contributed by atoms with Gasteiger partial charge in [-0.25, -0.2) is 8.42 Å². The van der Waals surface area contributed by atoms with Crippen LogP contribution >= 0.6 is 11.3 Å². The van der Waals surface area contributed by atoms with E-state index in [9.17, 15) is 13.2 Å². The highest BCUT2D eigenvalue weighted by Gasteiger charge is 2.36. The van der Waals surface area contributed by atoms with E-state index >= 15 is 0 Å². The van der Waals surface area contributed by atoms with Gasteiger partial charge in [0, 0.05) is 19.0 Å². The molecule has 5 nitrogen and oxygen atoms in total. The quantitative estimate of drug-likeness (QED) is 0.803. The van der Waals surface area contributed by atoms with Gasteiger partial charge in [-0.15, -0.1) is 11.3 Å². The highest BCUT2D eigenvalue weighted by Crippen LogP contribution is 2.46. The standard InChI is InChI=1S/C19H19NO4S2/c1-19(2)12-14(20-10-6-9-16(20)21)18-15(24-19)11-17(25-18)26(22,23)13-7-4-3-5-8-13/h3-5,7-8,11-12H,6,9-10H2,1-2H3. The molecular formula is C19H19NO4S2. The van der Waals surface area contributed by atoms with Crippen molar-refractivity contribution < 1.29 is 17.9 Å². The number of amides is 1. The predicted molar refractivity (Wildman–Crippen MR) is 99.8 cm³/mol. The Bertz CT molecular complexity index is 1000. The number of carbonyl (C=O) groups excluding carboxylic acids is 1.